The van der Waals surface area contributed by atoms with Crippen molar-refractivity contribution >= 4 is 5.91 Å². The highest BCUT2D eigenvalue weighted by Gasteiger charge is 2.16. The molecule has 0 bridgehead atoms. The molecule has 8 heteroatoms. The summed E-state index contributed by atoms with van der Waals surface area (Å²) in [4.78, 5) is 23.4. The lowest BCUT2D eigenvalue weighted by Crippen LogP contribution is -2.27. The standard InChI is InChI=1S/C10H11N5O3/c1-17-5-4-13-9(16)10-14-8(15-18-10)7-6-11-2-3-12-7/h2-3,6H,4-5H2,1H3,(H,13,16). The second kappa shape index (κ2) is 5.82. The Morgan fingerprint density at radius 1 is 1.50 bits per heavy atom. The summed E-state index contributed by atoms with van der Waals surface area (Å²) >= 11 is 0. The molecule has 2 rings (SSSR count). The highest BCUT2D eigenvalue weighted by molar-refractivity contribution is 5.89. The van der Waals surface area contributed by atoms with Gasteiger partial charge in [0.05, 0.1) is 12.8 Å². The van der Waals surface area contributed by atoms with Crippen LogP contribution in [0.3, 0.4) is 0 Å². The maximum Gasteiger partial charge on any atom is 0.316 e. The number of nitrogens with zero attached hydrogens (tertiary/aromatic N) is 4. The fraction of sp³-hybridized carbons (Fsp3) is 0.300. The van der Waals surface area contributed by atoms with Crippen LogP contribution < -0.4 is 5.32 Å². The summed E-state index contributed by atoms with van der Waals surface area (Å²) in [6.07, 6.45) is 4.52. The molecule has 94 valence electrons. The van der Waals surface area contributed by atoms with Crippen molar-refractivity contribution in [3.8, 4) is 11.5 Å². The zero-order valence-corrected chi connectivity index (χ0v) is 9.66. The summed E-state index contributed by atoms with van der Waals surface area (Å²) in [5.74, 6) is -0.346. The highest BCUT2D eigenvalue weighted by atomic mass is 16.5. The lowest BCUT2D eigenvalue weighted by atomic mass is 10.4. The molecule has 2 aromatic rings. The van der Waals surface area contributed by atoms with Gasteiger partial charge in [-0.2, -0.15) is 4.98 Å². The Bertz CT molecular complexity index is 513. The number of rotatable bonds is 5. The predicted octanol–water partition coefficient (Wildman–Crippen LogP) is -0.0972. The molecule has 2 heterocycles. The van der Waals surface area contributed by atoms with Gasteiger partial charge in [-0.15, -0.1) is 0 Å². The Kier molecular flexibility index (Phi) is 3.92. The number of ether oxygens (including phenoxy) is 1. The molecular formula is C10H11N5O3. The predicted molar refractivity (Wildman–Crippen MR) is 59.5 cm³/mol. The van der Waals surface area contributed by atoms with Gasteiger partial charge < -0.3 is 14.6 Å². The van der Waals surface area contributed by atoms with E-state index in [-0.39, 0.29) is 11.7 Å². The van der Waals surface area contributed by atoms with E-state index in [1.807, 2.05) is 0 Å². The molecule has 0 radical (unpaired) electrons. The Labute approximate surface area is 102 Å². The first-order chi connectivity index (χ1) is 8.81. The minimum absolute atomic E-state index is 0.119. The van der Waals surface area contributed by atoms with Crippen LogP contribution in [0.15, 0.2) is 23.1 Å². The zero-order chi connectivity index (χ0) is 12.8. The van der Waals surface area contributed by atoms with E-state index in [0.29, 0.717) is 18.8 Å². The lowest BCUT2D eigenvalue weighted by molar-refractivity contribution is 0.0893. The molecule has 0 aliphatic heterocycles. The first-order valence-electron chi connectivity index (χ1n) is 5.18. The van der Waals surface area contributed by atoms with Gasteiger partial charge >= 0.3 is 11.8 Å². The van der Waals surface area contributed by atoms with E-state index >= 15 is 0 Å². The number of nitrogens with one attached hydrogen (secondary N) is 1. The van der Waals surface area contributed by atoms with Crippen LogP contribution in [0.2, 0.25) is 0 Å². The maximum absolute atomic E-state index is 11.6. The van der Waals surface area contributed by atoms with Crippen molar-refractivity contribution in [1.82, 2.24) is 25.4 Å². The quantitative estimate of drug-likeness (QED) is 0.738. The summed E-state index contributed by atoms with van der Waals surface area (Å²) in [5.41, 5.74) is 0.442. The van der Waals surface area contributed by atoms with E-state index in [0.717, 1.165) is 0 Å². The van der Waals surface area contributed by atoms with Crippen LogP contribution in [0.4, 0.5) is 0 Å². The van der Waals surface area contributed by atoms with E-state index in [2.05, 4.69) is 25.4 Å². The van der Waals surface area contributed by atoms with Crippen LogP contribution in [0.1, 0.15) is 10.7 Å². The zero-order valence-electron chi connectivity index (χ0n) is 9.66. The van der Waals surface area contributed by atoms with Gasteiger partial charge in [-0.3, -0.25) is 9.78 Å². The van der Waals surface area contributed by atoms with Crippen molar-refractivity contribution in [1.29, 1.82) is 0 Å². The fourth-order valence-corrected chi connectivity index (χ4v) is 1.18. The molecule has 0 saturated carbocycles. The molecule has 0 unspecified atom stereocenters. The number of amides is 1. The number of carbonyl (C=O) groups is 1. The molecule has 0 aliphatic carbocycles. The van der Waals surface area contributed by atoms with Crippen molar-refractivity contribution in [2.75, 3.05) is 20.3 Å². The summed E-state index contributed by atoms with van der Waals surface area (Å²) in [6.45, 7) is 0.787. The van der Waals surface area contributed by atoms with E-state index in [1.165, 1.54) is 18.6 Å². The van der Waals surface area contributed by atoms with Gasteiger partial charge in [0.1, 0.15) is 5.69 Å². The Hall–Kier alpha value is -2.35. The molecular weight excluding hydrogens is 238 g/mol. The third-order valence-electron chi connectivity index (χ3n) is 2.00. The van der Waals surface area contributed by atoms with Gasteiger partial charge in [-0.05, 0) is 0 Å². The van der Waals surface area contributed by atoms with E-state index in [4.69, 9.17) is 9.26 Å². The van der Waals surface area contributed by atoms with E-state index in [9.17, 15) is 4.79 Å². The van der Waals surface area contributed by atoms with Crippen molar-refractivity contribution in [2.45, 2.75) is 0 Å². The summed E-state index contributed by atoms with van der Waals surface area (Å²) < 4.78 is 9.63. The summed E-state index contributed by atoms with van der Waals surface area (Å²) in [6, 6.07) is 0. The molecule has 18 heavy (non-hydrogen) atoms. The molecule has 0 spiro atoms. The van der Waals surface area contributed by atoms with Gasteiger partial charge in [-0.25, -0.2) is 4.98 Å². The van der Waals surface area contributed by atoms with Crippen LogP contribution in [-0.4, -0.2) is 46.3 Å². The third kappa shape index (κ3) is 2.86. The van der Waals surface area contributed by atoms with E-state index in [1.54, 1.807) is 7.11 Å². The number of carbonyl (C=O) groups excluding carboxylic acids is 1. The molecule has 0 saturated heterocycles. The average molecular weight is 249 g/mol. The monoisotopic (exact) mass is 249 g/mol. The van der Waals surface area contributed by atoms with Crippen molar-refractivity contribution in [3.63, 3.8) is 0 Å². The summed E-state index contributed by atoms with van der Waals surface area (Å²) in [5, 5.41) is 6.22. The number of hydrogen-bond donors (Lipinski definition) is 1. The van der Waals surface area contributed by atoms with Gasteiger partial charge in [0.2, 0.25) is 5.82 Å². The number of methoxy groups -OCH3 is 1. The molecule has 0 fully saturated rings. The number of aromatic nitrogens is 4. The molecule has 1 amide bonds. The fourth-order valence-electron chi connectivity index (χ4n) is 1.18. The molecule has 1 N–H and O–H groups in total. The van der Waals surface area contributed by atoms with Crippen LogP contribution >= 0.6 is 0 Å². The first kappa shape index (κ1) is 12.1. The van der Waals surface area contributed by atoms with Crippen molar-refractivity contribution < 1.29 is 14.1 Å². The Morgan fingerprint density at radius 3 is 3.11 bits per heavy atom. The average Bonchev–Trinajstić information content (AvgIpc) is 2.89. The third-order valence-corrected chi connectivity index (χ3v) is 2.00. The minimum atomic E-state index is -0.449. The topological polar surface area (TPSA) is 103 Å². The molecule has 8 nitrogen and oxygen atoms in total. The first-order valence-corrected chi connectivity index (χ1v) is 5.18. The second-order valence-corrected chi connectivity index (χ2v) is 3.26. The van der Waals surface area contributed by atoms with Gasteiger partial charge in [0, 0.05) is 26.0 Å². The SMILES string of the molecule is COCCNC(=O)c1nc(-c2cnccn2)no1. The smallest absolute Gasteiger partial charge is 0.316 e. The minimum Gasteiger partial charge on any atom is -0.383 e. The van der Waals surface area contributed by atoms with Crippen LogP contribution in [-0.2, 0) is 4.74 Å². The highest BCUT2D eigenvalue weighted by Crippen LogP contribution is 2.10. The van der Waals surface area contributed by atoms with Crippen LogP contribution in [0.25, 0.3) is 11.5 Å². The van der Waals surface area contributed by atoms with Crippen LogP contribution in [0.5, 0.6) is 0 Å². The lowest BCUT2D eigenvalue weighted by Gasteiger charge is -1.99. The molecule has 0 aromatic carbocycles. The van der Waals surface area contributed by atoms with Gasteiger partial charge in [0.15, 0.2) is 0 Å². The van der Waals surface area contributed by atoms with Gasteiger partial charge in [0.25, 0.3) is 0 Å². The molecule has 0 aliphatic rings. The number of hydrogen-bond acceptors (Lipinski definition) is 7. The molecule has 0 atom stereocenters. The summed E-state index contributed by atoms with van der Waals surface area (Å²) in [7, 11) is 1.55. The van der Waals surface area contributed by atoms with Crippen molar-refractivity contribution in [3.05, 3.63) is 24.5 Å². The van der Waals surface area contributed by atoms with Crippen molar-refractivity contribution in [2.24, 2.45) is 0 Å². The Morgan fingerprint density at radius 2 is 2.39 bits per heavy atom. The largest absolute Gasteiger partial charge is 0.383 e. The maximum atomic E-state index is 11.6. The normalized spacial score (nSPS) is 10.3. The Balaban J connectivity index is 2.04. The van der Waals surface area contributed by atoms with E-state index < -0.39 is 5.91 Å². The van der Waals surface area contributed by atoms with Crippen LogP contribution in [0, 0.1) is 0 Å². The second-order valence-electron chi connectivity index (χ2n) is 3.26. The molecule has 2 aromatic heterocycles. The van der Waals surface area contributed by atoms with Gasteiger partial charge in [-0.1, -0.05) is 5.16 Å².